The normalized spacial score (nSPS) is 34.6. The molecule has 0 bridgehead atoms. The fourth-order valence-electron chi connectivity index (χ4n) is 3.42. The van der Waals surface area contributed by atoms with Crippen LogP contribution in [0, 0.1) is 11.3 Å². The van der Waals surface area contributed by atoms with Gasteiger partial charge in [0.05, 0.1) is 6.07 Å². The molecule has 1 heterocycles. The second kappa shape index (κ2) is 6.01. The minimum absolute atomic E-state index is 0.249. The van der Waals surface area contributed by atoms with Crippen LogP contribution in [-0.2, 0) is 0 Å². The second-order valence-electron chi connectivity index (χ2n) is 5.59. The first-order chi connectivity index (χ1) is 8.73. The number of likely N-dealkylation sites (N-methyl/N-ethyl adjacent to an activating group) is 1. The summed E-state index contributed by atoms with van der Waals surface area (Å²) in [4.78, 5) is 5.11. The molecule has 2 fully saturated rings. The molecule has 0 aromatic rings. The predicted molar refractivity (Wildman–Crippen MR) is 73.3 cm³/mol. The quantitative estimate of drug-likeness (QED) is 0.810. The topological polar surface area (TPSA) is 42.3 Å². The van der Waals surface area contributed by atoms with Crippen molar-refractivity contribution in [1.29, 1.82) is 5.26 Å². The highest BCUT2D eigenvalue weighted by Crippen LogP contribution is 2.33. The van der Waals surface area contributed by atoms with Crippen LogP contribution >= 0.6 is 0 Å². The molecule has 2 unspecified atom stereocenters. The van der Waals surface area contributed by atoms with Crippen LogP contribution in [0.25, 0.3) is 0 Å². The van der Waals surface area contributed by atoms with Gasteiger partial charge in [-0.15, -0.1) is 0 Å². The van der Waals surface area contributed by atoms with Crippen LogP contribution in [0.4, 0.5) is 0 Å². The maximum absolute atomic E-state index is 9.40. The number of piperazine rings is 1. The van der Waals surface area contributed by atoms with Gasteiger partial charge in [-0.3, -0.25) is 10.2 Å². The maximum atomic E-state index is 9.40. The molecule has 4 nitrogen and oxygen atoms in total. The van der Waals surface area contributed by atoms with Gasteiger partial charge in [0.2, 0.25) is 0 Å². The van der Waals surface area contributed by atoms with E-state index in [1.165, 1.54) is 32.6 Å². The van der Waals surface area contributed by atoms with Crippen molar-refractivity contribution in [3.05, 3.63) is 0 Å². The average Bonchev–Trinajstić information content (AvgIpc) is 2.84. The van der Waals surface area contributed by atoms with Gasteiger partial charge >= 0.3 is 0 Å². The Morgan fingerprint density at radius 1 is 1.28 bits per heavy atom. The molecule has 0 aromatic heterocycles. The van der Waals surface area contributed by atoms with E-state index in [2.05, 4.69) is 35.0 Å². The standard InChI is InChI=1S/C14H26N4/c1-3-16-14(12-15)6-5-13(11-14)18-9-7-17(4-2)8-10-18/h13,16H,3-11H2,1-2H3. The Balaban J connectivity index is 1.87. The van der Waals surface area contributed by atoms with E-state index < -0.39 is 0 Å². The van der Waals surface area contributed by atoms with Gasteiger partial charge in [-0.05, 0) is 32.4 Å². The average molecular weight is 250 g/mol. The van der Waals surface area contributed by atoms with Crippen molar-refractivity contribution >= 4 is 0 Å². The van der Waals surface area contributed by atoms with E-state index in [4.69, 9.17) is 0 Å². The molecule has 0 aromatic carbocycles. The predicted octanol–water partition coefficient (Wildman–Crippen LogP) is 1.05. The summed E-state index contributed by atoms with van der Waals surface area (Å²) >= 11 is 0. The number of nitriles is 1. The fourth-order valence-corrected chi connectivity index (χ4v) is 3.42. The number of rotatable bonds is 4. The summed E-state index contributed by atoms with van der Waals surface area (Å²) < 4.78 is 0. The summed E-state index contributed by atoms with van der Waals surface area (Å²) in [6.45, 7) is 11.1. The van der Waals surface area contributed by atoms with Gasteiger partial charge < -0.3 is 4.90 Å². The summed E-state index contributed by atoms with van der Waals surface area (Å²) in [5, 5.41) is 12.8. The SMILES string of the molecule is CCNC1(C#N)CCC(N2CCN(CC)CC2)C1. The lowest BCUT2D eigenvalue weighted by atomic mass is 9.99. The van der Waals surface area contributed by atoms with Crippen molar-refractivity contribution < 1.29 is 0 Å². The van der Waals surface area contributed by atoms with Crippen LogP contribution in [0.15, 0.2) is 0 Å². The summed E-state index contributed by atoms with van der Waals surface area (Å²) in [5.74, 6) is 0. The van der Waals surface area contributed by atoms with Gasteiger partial charge in [0.25, 0.3) is 0 Å². The molecule has 1 aliphatic heterocycles. The van der Waals surface area contributed by atoms with E-state index in [-0.39, 0.29) is 5.54 Å². The molecule has 1 aliphatic carbocycles. The van der Waals surface area contributed by atoms with Crippen molar-refractivity contribution in [2.75, 3.05) is 39.3 Å². The highest BCUT2D eigenvalue weighted by atomic mass is 15.3. The van der Waals surface area contributed by atoms with Crippen LogP contribution in [0.5, 0.6) is 0 Å². The molecule has 0 radical (unpaired) electrons. The molecule has 0 spiro atoms. The third kappa shape index (κ3) is 2.85. The van der Waals surface area contributed by atoms with Gasteiger partial charge in [-0.2, -0.15) is 5.26 Å². The molecule has 18 heavy (non-hydrogen) atoms. The van der Waals surface area contributed by atoms with Crippen molar-refractivity contribution in [1.82, 2.24) is 15.1 Å². The van der Waals surface area contributed by atoms with Gasteiger partial charge in [-0.25, -0.2) is 0 Å². The van der Waals surface area contributed by atoms with E-state index in [1.54, 1.807) is 0 Å². The summed E-state index contributed by atoms with van der Waals surface area (Å²) in [6, 6.07) is 3.13. The Bertz CT molecular complexity index is 303. The van der Waals surface area contributed by atoms with Crippen molar-refractivity contribution in [3.8, 4) is 6.07 Å². The Morgan fingerprint density at radius 3 is 2.56 bits per heavy atom. The number of hydrogen-bond acceptors (Lipinski definition) is 4. The summed E-state index contributed by atoms with van der Waals surface area (Å²) in [7, 11) is 0. The molecular formula is C14H26N4. The molecule has 2 atom stereocenters. The Hall–Kier alpha value is -0.630. The third-order valence-electron chi connectivity index (χ3n) is 4.59. The minimum atomic E-state index is -0.249. The smallest absolute Gasteiger partial charge is 0.108 e. The highest BCUT2D eigenvalue weighted by Gasteiger charge is 2.41. The molecule has 4 heteroatoms. The first-order valence-corrected chi connectivity index (χ1v) is 7.35. The molecule has 1 N–H and O–H groups in total. The minimum Gasteiger partial charge on any atom is -0.301 e. The van der Waals surface area contributed by atoms with Crippen molar-refractivity contribution in [2.45, 2.75) is 44.7 Å². The van der Waals surface area contributed by atoms with Crippen LogP contribution < -0.4 is 5.32 Å². The molecule has 1 saturated heterocycles. The zero-order valence-corrected chi connectivity index (χ0v) is 11.8. The number of nitrogens with one attached hydrogen (secondary N) is 1. The Morgan fingerprint density at radius 2 is 2.00 bits per heavy atom. The first kappa shape index (κ1) is 13.8. The number of hydrogen-bond donors (Lipinski definition) is 1. The molecule has 0 amide bonds. The van der Waals surface area contributed by atoms with E-state index in [1.807, 2.05) is 0 Å². The highest BCUT2D eigenvalue weighted by molar-refractivity contribution is 5.13. The lowest BCUT2D eigenvalue weighted by molar-refractivity contribution is 0.0990. The first-order valence-electron chi connectivity index (χ1n) is 7.35. The molecule has 102 valence electrons. The number of nitrogens with zero attached hydrogens (tertiary/aromatic N) is 3. The Labute approximate surface area is 111 Å². The van der Waals surface area contributed by atoms with Gasteiger partial charge in [0.1, 0.15) is 5.54 Å². The van der Waals surface area contributed by atoms with Crippen LogP contribution in [0.3, 0.4) is 0 Å². The molecular weight excluding hydrogens is 224 g/mol. The molecule has 2 rings (SSSR count). The van der Waals surface area contributed by atoms with Crippen molar-refractivity contribution in [3.63, 3.8) is 0 Å². The van der Waals surface area contributed by atoms with E-state index >= 15 is 0 Å². The second-order valence-corrected chi connectivity index (χ2v) is 5.59. The lowest BCUT2D eigenvalue weighted by Crippen LogP contribution is -2.50. The van der Waals surface area contributed by atoms with E-state index in [0.29, 0.717) is 6.04 Å². The van der Waals surface area contributed by atoms with Crippen molar-refractivity contribution in [2.24, 2.45) is 0 Å². The maximum Gasteiger partial charge on any atom is 0.108 e. The monoisotopic (exact) mass is 250 g/mol. The zero-order valence-electron chi connectivity index (χ0n) is 11.8. The molecule has 1 saturated carbocycles. The van der Waals surface area contributed by atoms with Gasteiger partial charge in [0, 0.05) is 32.2 Å². The lowest BCUT2D eigenvalue weighted by Gasteiger charge is -2.38. The van der Waals surface area contributed by atoms with Crippen LogP contribution in [0.2, 0.25) is 0 Å². The largest absolute Gasteiger partial charge is 0.301 e. The summed E-state index contributed by atoms with van der Waals surface area (Å²) in [5.41, 5.74) is -0.249. The van der Waals surface area contributed by atoms with Crippen LogP contribution in [-0.4, -0.2) is 60.6 Å². The van der Waals surface area contributed by atoms with Gasteiger partial charge in [-0.1, -0.05) is 13.8 Å². The zero-order chi connectivity index (χ0) is 13.0. The fraction of sp³-hybridized carbons (Fsp3) is 0.929. The third-order valence-corrected chi connectivity index (χ3v) is 4.59. The Kier molecular flexibility index (Phi) is 4.60. The van der Waals surface area contributed by atoms with E-state index in [9.17, 15) is 5.26 Å². The van der Waals surface area contributed by atoms with Crippen LogP contribution in [0.1, 0.15) is 33.1 Å². The summed E-state index contributed by atoms with van der Waals surface area (Å²) in [6.07, 6.45) is 3.19. The van der Waals surface area contributed by atoms with E-state index in [0.717, 1.165) is 25.9 Å². The van der Waals surface area contributed by atoms with Gasteiger partial charge in [0.15, 0.2) is 0 Å². The molecule has 2 aliphatic rings.